The maximum atomic E-state index is 6.37. The van der Waals surface area contributed by atoms with Crippen LogP contribution in [0.5, 0.6) is 0 Å². The van der Waals surface area contributed by atoms with Crippen LogP contribution < -0.4 is 10.6 Å². The van der Waals surface area contributed by atoms with Crippen molar-refractivity contribution in [1.29, 1.82) is 0 Å². The van der Waals surface area contributed by atoms with Crippen molar-refractivity contribution >= 4 is 5.69 Å². The van der Waals surface area contributed by atoms with Gasteiger partial charge in [-0.3, -0.25) is 0 Å². The fourth-order valence-corrected chi connectivity index (χ4v) is 3.33. The van der Waals surface area contributed by atoms with E-state index in [1.165, 1.54) is 37.8 Å². The number of unbranched alkanes of at least 4 members (excludes halogenated alkanes) is 1. The summed E-state index contributed by atoms with van der Waals surface area (Å²) in [5.41, 5.74) is 7.72. The molecule has 1 aromatic rings. The maximum Gasteiger partial charge on any atom is 0.0366 e. The Hall–Kier alpha value is -1.02. The minimum absolute atomic E-state index is 0.388. The highest BCUT2D eigenvalue weighted by Gasteiger charge is 2.27. The number of anilines is 1. The monoisotopic (exact) mass is 274 g/mol. The second kappa shape index (κ2) is 7.68. The molecule has 1 fully saturated rings. The molecule has 1 aliphatic rings. The highest BCUT2D eigenvalue weighted by molar-refractivity contribution is 5.46. The van der Waals surface area contributed by atoms with Crippen LogP contribution in [0.25, 0.3) is 0 Å². The number of nitrogens with zero attached hydrogens (tertiary/aromatic N) is 1. The van der Waals surface area contributed by atoms with Crippen molar-refractivity contribution in [3.05, 3.63) is 30.3 Å². The molecule has 112 valence electrons. The van der Waals surface area contributed by atoms with Gasteiger partial charge in [0.05, 0.1) is 0 Å². The molecule has 0 aliphatic heterocycles. The minimum Gasteiger partial charge on any atom is -0.371 e. The molecule has 1 saturated carbocycles. The van der Waals surface area contributed by atoms with E-state index in [1.54, 1.807) is 0 Å². The number of para-hydroxylation sites is 1. The number of nitrogens with two attached hydrogens (primary N) is 1. The summed E-state index contributed by atoms with van der Waals surface area (Å²) < 4.78 is 0. The van der Waals surface area contributed by atoms with E-state index in [0.717, 1.165) is 19.0 Å². The van der Waals surface area contributed by atoms with Gasteiger partial charge < -0.3 is 10.6 Å². The molecule has 0 bridgehead atoms. The largest absolute Gasteiger partial charge is 0.371 e. The standard InChI is InChI=1S/C18H30N2/c1-3-4-12-20(17-8-6-5-7-9-17)14-16-13-15(2)10-11-18(16)19/h5-9,15-16,18H,3-4,10-14,19H2,1-2H3. The molecule has 0 heterocycles. The van der Waals surface area contributed by atoms with Gasteiger partial charge in [-0.2, -0.15) is 0 Å². The van der Waals surface area contributed by atoms with E-state index in [1.807, 2.05) is 0 Å². The van der Waals surface area contributed by atoms with E-state index in [4.69, 9.17) is 5.73 Å². The van der Waals surface area contributed by atoms with Gasteiger partial charge in [0.15, 0.2) is 0 Å². The molecular weight excluding hydrogens is 244 g/mol. The van der Waals surface area contributed by atoms with Gasteiger partial charge in [0.2, 0.25) is 0 Å². The summed E-state index contributed by atoms with van der Waals surface area (Å²) in [5.74, 6) is 1.49. The van der Waals surface area contributed by atoms with Crippen molar-refractivity contribution in [1.82, 2.24) is 0 Å². The van der Waals surface area contributed by atoms with Gasteiger partial charge >= 0.3 is 0 Å². The van der Waals surface area contributed by atoms with E-state index >= 15 is 0 Å². The number of hydrogen-bond donors (Lipinski definition) is 1. The first-order chi connectivity index (χ1) is 9.70. The van der Waals surface area contributed by atoms with E-state index in [-0.39, 0.29) is 0 Å². The predicted octanol–water partition coefficient (Wildman–Crippen LogP) is 4.06. The predicted molar refractivity (Wildman–Crippen MR) is 88.0 cm³/mol. The third kappa shape index (κ3) is 4.24. The van der Waals surface area contributed by atoms with Crippen LogP contribution >= 0.6 is 0 Å². The summed E-state index contributed by atoms with van der Waals surface area (Å²) in [6.45, 7) is 6.91. The molecule has 0 amide bonds. The molecule has 20 heavy (non-hydrogen) atoms. The fourth-order valence-electron chi connectivity index (χ4n) is 3.33. The molecule has 0 spiro atoms. The molecule has 2 rings (SSSR count). The van der Waals surface area contributed by atoms with Gasteiger partial charge in [-0.05, 0) is 49.7 Å². The summed E-state index contributed by atoms with van der Waals surface area (Å²) >= 11 is 0. The van der Waals surface area contributed by atoms with Gasteiger partial charge in [0, 0.05) is 24.8 Å². The molecule has 1 aliphatic carbocycles. The second-order valence-corrected chi connectivity index (χ2v) is 6.48. The van der Waals surface area contributed by atoms with Gasteiger partial charge in [0.25, 0.3) is 0 Å². The third-order valence-electron chi connectivity index (χ3n) is 4.66. The molecule has 0 radical (unpaired) electrons. The summed E-state index contributed by atoms with van der Waals surface area (Å²) in [4.78, 5) is 2.55. The molecule has 0 aromatic heterocycles. The van der Waals surface area contributed by atoms with E-state index in [2.05, 4.69) is 49.1 Å². The van der Waals surface area contributed by atoms with E-state index < -0.39 is 0 Å². The van der Waals surface area contributed by atoms with Crippen LogP contribution in [0.1, 0.15) is 46.0 Å². The smallest absolute Gasteiger partial charge is 0.0366 e. The quantitative estimate of drug-likeness (QED) is 0.847. The van der Waals surface area contributed by atoms with Crippen molar-refractivity contribution in [2.75, 3.05) is 18.0 Å². The summed E-state index contributed by atoms with van der Waals surface area (Å²) in [6.07, 6.45) is 6.29. The Morgan fingerprint density at radius 3 is 2.65 bits per heavy atom. The zero-order valence-electron chi connectivity index (χ0n) is 13.1. The Labute approximate surface area is 124 Å². The highest BCUT2D eigenvalue weighted by Crippen LogP contribution is 2.29. The lowest BCUT2D eigenvalue weighted by Gasteiger charge is -2.37. The zero-order chi connectivity index (χ0) is 14.4. The molecule has 3 atom stereocenters. The average Bonchev–Trinajstić information content (AvgIpc) is 2.48. The van der Waals surface area contributed by atoms with Crippen LogP contribution in [0.4, 0.5) is 5.69 Å². The number of hydrogen-bond acceptors (Lipinski definition) is 2. The van der Waals surface area contributed by atoms with Crippen molar-refractivity contribution in [2.45, 2.75) is 52.0 Å². The normalized spacial score (nSPS) is 26.4. The van der Waals surface area contributed by atoms with Crippen LogP contribution in [0.3, 0.4) is 0 Å². The number of rotatable bonds is 6. The Morgan fingerprint density at radius 1 is 1.20 bits per heavy atom. The van der Waals surface area contributed by atoms with E-state index in [9.17, 15) is 0 Å². The lowest BCUT2D eigenvalue weighted by molar-refractivity contribution is 0.248. The fraction of sp³-hybridized carbons (Fsp3) is 0.667. The Balaban J connectivity index is 2.03. The first-order valence-corrected chi connectivity index (χ1v) is 8.26. The third-order valence-corrected chi connectivity index (χ3v) is 4.66. The van der Waals surface area contributed by atoms with Crippen molar-refractivity contribution in [2.24, 2.45) is 17.6 Å². The molecule has 2 heteroatoms. The van der Waals surface area contributed by atoms with Gasteiger partial charge in [0.1, 0.15) is 0 Å². The Kier molecular flexibility index (Phi) is 5.90. The Morgan fingerprint density at radius 2 is 1.95 bits per heavy atom. The molecule has 2 N–H and O–H groups in total. The lowest BCUT2D eigenvalue weighted by Crippen LogP contribution is -2.43. The van der Waals surface area contributed by atoms with E-state index in [0.29, 0.717) is 12.0 Å². The van der Waals surface area contributed by atoms with Crippen molar-refractivity contribution in [3.63, 3.8) is 0 Å². The average molecular weight is 274 g/mol. The lowest BCUT2D eigenvalue weighted by atomic mass is 9.79. The summed E-state index contributed by atoms with van der Waals surface area (Å²) in [5, 5.41) is 0. The second-order valence-electron chi connectivity index (χ2n) is 6.48. The van der Waals surface area contributed by atoms with Crippen molar-refractivity contribution < 1.29 is 0 Å². The van der Waals surface area contributed by atoms with Crippen LogP contribution in [-0.2, 0) is 0 Å². The molecule has 2 nitrogen and oxygen atoms in total. The van der Waals surface area contributed by atoms with Crippen LogP contribution in [-0.4, -0.2) is 19.1 Å². The van der Waals surface area contributed by atoms with Gasteiger partial charge in [-0.15, -0.1) is 0 Å². The number of benzene rings is 1. The van der Waals surface area contributed by atoms with Crippen molar-refractivity contribution in [3.8, 4) is 0 Å². The summed E-state index contributed by atoms with van der Waals surface area (Å²) in [7, 11) is 0. The minimum atomic E-state index is 0.388. The van der Waals surface area contributed by atoms with Crippen LogP contribution in [0, 0.1) is 11.8 Å². The first-order valence-electron chi connectivity index (χ1n) is 8.26. The molecule has 1 aromatic carbocycles. The highest BCUT2D eigenvalue weighted by atomic mass is 15.1. The molecule has 0 saturated heterocycles. The summed E-state index contributed by atoms with van der Waals surface area (Å²) in [6, 6.07) is 11.2. The molecule has 3 unspecified atom stereocenters. The zero-order valence-corrected chi connectivity index (χ0v) is 13.1. The van der Waals surface area contributed by atoms with Gasteiger partial charge in [-0.25, -0.2) is 0 Å². The first kappa shape index (κ1) is 15.4. The SMILES string of the molecule is CCCCN(CC1CC(C)CCC1N)c1ccccc1. The maximum absolute atomic E-state index is 6.37. The van der Waals surface area contributed by atoms with Crippen LogP contribution in [0.2, 0.25) is 0 Å². The topological polar surface area (TPSA) is 29.3 Å². The van der Waals surface area contributed by atoms with Gasteiger partial charge in [-0.1, -0.05) is 38.5 Å². The molecular formula is C18H30N2. The van der Waals surface area contributed by atoms with Crippen LogP contribution in [0.15, 0.2) is 30.3 Å². The Bertz CT molecular complexity index is 376.